The first-order valence-corrected chi connectivity index (χ1v) is 36.7. The predicted octanol–water partition coefficient (Wildman–Crippen LogP) is 17.8. The number of hydrogen-bond donors (Lipinski definition) is 3. The molecule has 0 aliphatic carbocycles. The molecular formula is C65H126O17P2. The van der Waals surface area contributed by atoms with E-state index in [2.05, 4.69) is 55.4 Å². The summed E-state index contributed by atoms with van der Waals surface area (Å²) in [7, 11) is -9.89. The zero-order valence-electron chi connectivity index (χ0n) is 54.5. The average molecular weight is 1240 g/mol. The van der Waals surface area contributed by atoms with Crippen LogP contribution in [0.2, 0.25) is 0 Å². The van der Waals surface area contributed by atoms with Crippen molar-refractivity contribution in [2.45, 2.75) is 331 Å². The summed E-state index contributed by atoms with van der Waals surface area (Å²) in [6.07, 6.45) is 35.0. The number of hydrogen-bond acceptors (Lipinski definition) is 15. The molecule has 5 atom stereocenters. The second kappa shape index (κ2) is 55.2. The van der Waals surface area contributed by atoms with E-state index in [1.165, 1.54) is 109 Å². The van der Waals surface area contributed by atoms with Crippen LogP contribution in [-0.2, 0) is 65.4 Å². The second-order valence-corrected chi connectivity index (χ2v) is 28.3. The van der Waals surface area contributed by atoms with Gasteiger partial charge in [0.15, 0.2) is 12.2 Å². The molecular weight excluding hydrogens is 1110 g/mol. The van der Waals surface area contributed by atoms with Crippen molar-refractivity contribution in [2.75, 3.05) is 39.6 Å². The minimum Gasteiger partial charge on any atom is -0.462 e. The van der Waals surface area contributed by atoms with Crippen molar-refractivity contribution in [3.8, 4) is 0 Å². The molecule has 0 aromatic heterocycles. The lowest BCUT2D eigenvalue weighted by molar-refractivity contribution is -0.161. The van der Waals surface area contributed by atoms with Crippen LogP contribution < -0.4 is 0 Å². The van der Waals surface area contributed by atoms with Crippen LogP contribution in [0.25, 0.3) is 0 Å². The molecule has 0 amide bonds. The van der Waals surface area contributed by atoms with Gasteiger partial charge in [0, 0.05) is 25.7 Å². The quantitative estimate of drug-likeness (QED) is 0.0222. The Kier molecular flexibility index (Phi) is 53.9. The molecule has 0 radical (unpaired) electrons. The van der Waals surface area contributed by atoms with E-state index < -0.39 is 97.5 Å². The molecule has 17 nitrogen and oxygen atoms in total. The summed E-state index contributed by atoms with van der Waals surface area (Å²) in [5.41, 5.74) is 0. The van der Waals surface area contributed by atoms with Crippen molar-refractivity contribution in [2.24, 2.45) is 23.7 Å². The molecule has 0 saturated carbocycles. The van der Waals surface area contributed by atoms with E-state index in [0.29, 0.717) is 31.6 Å². The first-order valence-electron chi connectivity index (χ1n) is 33.7. The van der Waals surface area contributed by atoms with Crippen LogP contribution >= 0.6 is 15.6 Å². The maximum Gasteiger partial charge on any atom is 0.472 e. The van der Waals surface area contributed by atoms with Crippen molar-refractivity contribution in [1.29, 1.82) is 0 Å². The minimum atomic E-state index is -4.95. The van der Waals surface area contributed by atoms with Crippen LogP contribution in [-0.4, -0.2) is 96.7 Å². The first-order chi connectivity index (χ1) is 40.1. The molecule has 0 rings (SSSR count). The minimum absolute atomic E-state index is 0.103. The maximum absolute atomic E-state index is 13.0. The second-order valence-electron chi connectivity index (χ2n) is 25.4. The van der Waals surface area contributed by atoms with Crippen LogP contribution in [0, 0.1) is 23.7 Å². The normalized spacial score (nSPS) is 14.4. The van der Waals surface area contributed by atoms with E-state index in [4.69, 9.17) is 37.0 Å². The highest BCUT2D eigenvalue weighted by Crippen LogP contribution is 2.45. The number of aliphatic hydroxyl groups excluding tert-OH is 1. The maximum atomic E-state index is 13.0. The molecule has 0 fully saturated rings. The third-order valence-electron chi connectivity index (χ3n) is 14.8. The summed E-state index contributed by atoms with van der Waals surface area (Å²) in [4.78, 5) is 72.2. The molecule has 3 N–H and O–H groups in total. The summed E-state index contributed by atoms with van der Waals surface area (Å²) in [6.45, 7) is 13.9. The van der Waals surface area contributed by atoms with Crippen molar-refractivity contribution >= 4 is 39.5 Å². The Bertz CT molecular complexity index is 1680. The third-order valence-corrected chi connectivity index (χ3v) is 16.7. The number of phosphoric ester groups is 2. The van der Waals surface area contributed by atoms with E-state index in [1.807, 2.05) is 0 Å². The lowest BCUT2D eigenvalue weighted by Crippen LogP contribution is -2.30. The van der Waals surface area contributed by atoms with Gasteiger partial charge < -0.3 is 33.8 Å². The van der Waals surface area contributed by atoms with Gasteiger partial charge in [0.2, 0.25) is 0 Å². The Labute approximate surface area is 511 Å². The van der Waals surface area contributed by atoms with Gasteiger partial charge in [-0.3, -0.25) is 37.3 Å². The van der Waals surface area contributed by atoms with Gasteiger partial charge in [-0.1, -0.05) is 261 Å². The van der Waals surface area contributed by atoms with Gasteiger partial charge in [-0.25, -0.2) is 9.13 Å². The molecule has 0 saturated heterocycles. The summed E-state index contributed by atoms with van der Waals surface area (Å²) >= 11 is 0. The first kappa shape index (κ1) is 82.1. The Morgan fingerprint density at radius 2 is 0.500 bits per heavy atom. The lowest BCUT2D eigenvalue weighted by atomic mass is 10.0. The fourth-order valence-corrected chi connectivity index (χ4v) is 11.2. The molecule has 0 aliphatic heterocycles. The van der Waals surface area contributed by atoms with Gasteiger partial charge in [0.05, 0.1) is 26.4 Å². The molecule has 19 heteroatoms. The van der Waals surface area contributed by atoms with E-state index in [-0.39, 0.29) is 25.7 Å². The van der Waals surface area contributed by atoms with Crippen LogP contribution in [0.1, 0.15) is 312 Å². The summed E-state index contributed by atoms with van der Waals surface area (Å²) in [5, 5.41) is 10.5. The standard InChI is InChI=1S/C65H126O17P2/c1-55(2)41-33-25-17-11-9-13-21-31-39-47-64(69)81-60(51-75-62(67)45-37-29-20-16-15-19-27-35-43-57(5)6)53-79-83(71,72)77-49-59(66)50-78-84(73,74)80-54-61(52-76-63(68)46-38-30-24-23-28-36-44-58(7)8)82-65(70)48-40-32-22-14-10-12-18-26-34-42-56(3)4/h55-61,66H,9-54H2,1-8H3,(H,71,72)(H,73,74)/t59?,60-,61-/m1/s1. The van der Waals surface area contributed by atoms with Gasteiger partial charge >= 0.3 is 39.5 Å². The number of rotatable bonds is 62. The van der Waals surface area contributed by atoms with Crippen molar-refractivity contribution < 1.29 is 80.2 Å². The molecule has 3 unspecified atom stereocenters. The molecule has 0 spiro atoms. The summed E-state index contributed by atoms with van der Waals surface area (Å²) in [5.74, 6) is 0.739. The molecule has 498 valence electrons. The monoisotopic (exact) mass is 1240 g/mol. The highest BCUT2D eigenvalue weighted by atomic mass is 31.2. The number of esters is 4. The molecule has 0 bridgehead atoms. The van der Waals surface area contributed by atoms with Crippen LogP contribution in [0.3, 0.4) is 0 Å². The van der Waals surface area contributed by atoms with Gasteiger partial charge in [-0.05, 0) is 49.4 Å². The third kappa shape index (κ3) is 59.0. The zero-order chi connectivity index (χ0) is 62.5. The van der Waals surface area contributed by atoms with Crippen molar-refractivity contribution in [3.05, 3.63) is 0 Å². The summed E-state index contributed by atoms with van der Waals surface area (Å²) < 4.78 is 68.0. The van der Waals surface area contributed by atoms with Gasteiger partial charge in [0.25, 0.3) is 0 Å². The topological polar surface area (TPSA) is 237 Å². The van der Waals surface area contributed by atoms with Gasteiger partial charge in [-0.2, -0.15) is 0 Å². The van der Waals surface area contributed by atoms with E-state index in [0.717, 1.165) is 114 Å². The Morgan fingerprint density at radius 3 is 0.738 bits per heavy atom. The molecule has 0 aromatic rings. The lowest BCUT2D eigenvalue weighted by Gasteiger charge is -2.21. The Hall–Kier alpha value is -1.94. The van der Waals surface area contributed by atoms with E-state index >= 15 is 0 Å². The smallest absolute Gasteiger partial charge is 0.462 e. The Balaban J connectivity index is 5.26. The van der Waals surface area contributed by atoms with Crippen molar-refractivity contribution in [1.82, 2.24) is 0 Å². The van der Waals surface area contributed by atoms with Crippen LogP contribution in [0.4, 0.5) is 0 Å². The summed E-state index contributed by atoms with van der Waals surface area (Å²) in [6, 6.07) is 0. The fourth-order valence-electron chi connectivity index (χ4n) is 9.61. The largest absolute Gasteiger partial charge is 0.472 e. The van der Waals surface area contributed by atoms with Gasteiger partial charge in [-0.15, -0.1) is 0 Å². The molecule has 0 aromatic carbocycles. The van der Waals surface area contributed by atoms with E-state index in [1.54, 1.807) is 0 Å². The fraction of sp³-hybridized carbons (Fsp3) is 0.938. The number of carbonyl (C=O) groups is 4. The number of aliphatic hydroxyl groups is 1. The predicted molar refractivity (Wildman–Crippen MR) is 335 cm³/mol. The number of phosphoric acid groups is 2. The molecule has 84 heavy (non-hydrogen) atoms. The highest BCUT2D eigenvalue weighted by molar-refractivity contribution is 7.47. The van der Waals surface area contributed by atoms with Gasteiger partial charge in [0.1, 0.15) is 19.3 Å². The molecule has 0 heterocycles. The molecule has 0 aliphatic rings. The van der Waals surface area contributed by atoms with Crippen LogP contribution in [0.15, 0.2) is 0 Å². The number of carbonyl (C=O) groups excluding carboxylic acids is 4. The van der Waals surface area contributed by atoms with Crippen molar-refractivity contribution in [3.63, 3.8) is 0 Å². The van der Waals surface area contributed by atoms with E-state index in [9.17, 15) is 43.2 Å². The van der Waals surface area contributed by atoms with Crippen LogP contribution in [0.5, 0.6) is 0 Å². The number of unbranched alkanes of at least 4 members (excludes halogenated alkanes) is 28. The SMILES string of the molecule is CC(C)CCCCCCCCCCCC(=O)O[C@H](COC(=O)CCCCCCCCCCC(C)C)COP(=O)(O)OCC(O)COP(=O)(O)OC[C@@H](COC(=O)CCCCCCCCC(C)C)OC(=O)CCCCCCCCCCCC(C)C. The highest BCUT2D eigenvalue weighted by Gasteiger charge is 2.30. The average Bonchev–Trinajstić information content (AvgIpc) is 3.50. The zero-order valence-corrected chi connectivity index (χ0v) is 56.3. The number of ether oxygens (including phenoxy) is 4. The Morgan fingerprint density at radius 1 is 0.298 bits per heavy atom.